The first-order valence-corrected chi connectivity index (χ1v) is 6.78. The summed E-state index contributed by atoms with van der Waals surface area (Å²) in [7, 11) is 1.72. The number of hydrogen-bond acceptors (Lipinski definition) is 1. The zero-order valence-electron chi connectivity index (χ0n) is 12.3. The summed E-state index contributed by atoms with van der Waals surface area (Å²) < 4.78 is 1.53. The van der Waals surface area contributed by atoms with Crippen LogP contribution in [0.2, 0.25) is 0 Å². The smallest absolute Gasteiger partial charge is 0.250 e. The van der Waals surface area contributed by atoms with Crippen molar-refractivity contribution in [3.8, 4) is 0 Å². The summed E-state index contributed by atoms with van der Waals surface area (Å²) in [5.41, 5.74) is 1.18. The van der Waals surface area contributed by atoms with Crippen LogP contribution >= 0.6 is 11.6 Å². The van der Waals surface area contributed by atoms with E-state index in [4.69, 9.17) is 11.6 Å². The molecule has 0 unspecified atom stereocenters. The lowest BCUT2D eigenvalue weighted by atomic mass is 10.3. The molecule has 1 rings (SSSR count). The summed E-state index contributed by atoms with van der Waals surface area (Å²) >= 11 is 5.39. The maximum absolute atomic E-state index is 10.6. The van der Waals surface area contributed by atoms with Crippen LogP contribution in [0.25, 0.3) is 0 Å². The topological polar surface area (TPSA) is 22.0 Å². The van der Waals surface area contributed by atoms with Crippen molar-refractivity contribution in [2.45, 2.75) is 20.8 Å². The lowest BCUT2D eigenvalue weighted by molar-refractivity contribution is 0.860. The van der Waals surface area contributed by atoms with E-state index < -0.39 is 0 Å². The minimum absolute atomic E-state index is 0.0347. The first-order chi connectivity index (χ1) is 9.11. The Morgan fingerprint density at radius 2 is 2.05 bits per heavy atom. The molecule has 0 spiro atoms. The Balaban J connectivity index is 0. The van der Waals surface area contributed by atoms with Crippen LogP contribution in [0.5, 0.6) is 0 Å². The number of alkyl halides is 1. The number of aryl methyl sites for hydroxylation is 1. The second-order valence-electron chi connectivity index (χ2n) is 3.35. The van der Waals surface area contributed by atoms with Crippen LogP contribution < -0.4 is 5.56 Å². The SMILES string of the molecule is C=C/C(C)=C\C=C/CCl.CC.Cn1ccccc1=O. The quantitative estimate of drug-likeness (QED) is 0.597. The predicted molar refractivity (Wildman–Crippen MR) is 86.8 cm³/mol. The zero-order chi connectivity index (χ0) is 15.1. The van der Waals surface area contributed by atoms with Gasteiger partial charge in [-0.25, -0.2) is 0 Å². The minimum Gasteiger partial charge on any atom is -0.319 e. The molecule has 0 aliphatic rings. The number of hydrogen-bond donors (Lipinski definition) is 0. The van der Waals surface area contributed by atoms with E-state index in [2.05, 4.69) is 6.58 Å². The summed E-state index contributed by atoms with van der Waals surface area (Å²) in [5, 5.41) is 0. The first-order valence-electron chi connectivity index (χ1n) is 6.25. The fourth-order valence-corrected chi connectivity index (χ4v) is 0.950. The Labute approximate surface area is 121 Å². The summed E-state index contributed by atoms with van der Waals surface area (Å²) in [6.07, 6.45) is 9.30. The van der Waals surface area contributed by atoms with E-state index >= 15 is 0 Å². The van der Waals surface area contributed by atoms with Gasteiger partial charge in [0.2, 0.25) is 5.56 Å². The van der Waals surface area contributed by atoms with E-state index in [0.717, 1.165) is 5.57 Å². The average Bonchev–Trinajstić information content (AvgIpc) is 2.45. The molecular weight excluding hydrogens is 258 g/mol. The van der Waals surface area contributed by atoms with Crippen molar-refractivity contribution < 1.29 is 0 Å². The molecule has 0 N–H and O–H groups in total. The lowest BCUT2D eigenvalue weighted by Crippen LogP contribution is -2.12. The molecule has 0 aromatic carbocycles. The molecular formula is C16H24ClNO. The van der Waals surface area contributed by atoms with Crippen molar-refractivity contribution in [3.63, 3.8) is 0 Å². The highest BCUT2D eigenvalue weighted by Crippen LogP contribution is 1.92. The summed E-state index contributed by atoms with van der Waals surface area (Å²) in [5.74, 6) is 0.570. The number of pyridine rings is 1. The van der Waals surface area contributed by atoms with Crippen molar-refractivity contribution in [2.75, 3.05) is 5.88 Å². The van der Waals surface area contributed by atoms with Crippen LogP contribution in [0.3, 0.4) is 0 Å². The van der Waals surface area contributed by atoms with Gasteiger partial charge in [-0.1, -0.05) is 56.4 Å². The minimum atomic E-state index is 0.0347. The molecule has 1 aromatic heterocycles. The van der Waals surface area contributed by atoms with Crippen molar-refractivity contribution in [1.29, 1.82) is 0 Å². The van der Waals surface area contributed by atoms with Crippen LogP contribution in [0.15, 0.2) is 65.6 Å². The van der Waals surface area contributed by atoms with Crippen molar-refractivity contribution in [3.05, 3.63) is 71.2 Å². The molecule has 0 aliphatic carbocycles. The molecule has 0 aliphatic heterocycles. The summed E-state index contributed by atoms with van der Waals surface area (Å²) in [4.78, 5) is 10.6. The number of rotatable bonds is 3. The van der Waals surface area contributed by atoms with Crippen LogP contribution in [0.4, 0.5) is 0 Å². The number of aromatic nitrogens is 1. The Hall–Kier alpha value is -1.54. The van der Waals surface area contributed by atoms with E-state index in [0.29, 0.717) is 5.88 Å². The van der Waals surface area contributed by atoms with Gasteiger partial charge in [0.05, 0.1) is 0 Å². The average molecular weight is 282 g/mol. The molecule has 0 saturated carbocycles. The van der Waals surface area contributed by atoms with Gasteiger partial charge in [-0.3, -0.25) is 4.79 Å². The Morgan fingerprint density at radius 1 is 1.42 bits per heavy atom. The third-order valence-corrected chi connectivity index (χ3v) is 2.09. The summed E-state index contributed by atoms with van der Waals surface area (Å²) in [6.45, 7) is 9.60. The predicted octanol–water partition coefficient (Wildman–Crippen LogP) is 4.33. The summed E-state index contributed by atoms with van der Waals surface area (Å²) in [6, 6.07) is 5.07. The Kier molecular flexibility index (Phi) is 15.1. The second kappa shape index (κ2) is 14.5. The van der Waals surface area contributed by atoms with Gasteiger partial charge < -0.3 is 4.57 Å². The van der Waals surface area contributed by atoms with Crippen molar-refractivity contribution in [2.24, 2.45) is 7.05 Å². The molecule has 0 radical (unpaired) electrons. The normalized spacial score (nSPS) is 10.1. The van der Waals surface area contributed by atoms with E-state index in [1.54, 1.807) is 25.4 Å². The Morgan fingerprint density at radius 3 is 2.42 bits per heavy atom. The number of halogens is 1. The van der Waals surface area contributed by atoms with Crippen LogP contribution in [0, 0.1) is 0 Å². The fourth-order valence-electron chi connectivity index (χ4n) is 0.847. The molecule has 106 valence electrons. The van der Waals surface area contributed by atoms with Crippen LogP contribution in [-0.2, 0) is 7.05 Å². The third-order valence-electron chi connectivity index (χ3n) is 1.91. The van der Waals surface area contributed by atoms with E-state index in [1.165, 1.54) is 10.6 Å². The van der Waals surface area contributed by atoms with Crippen LogP contribution in [0.1, 0.15) is 20.8 Å². The molecule has 0 atom stereocenters. The highest BCUT2D eigenvalue weighted by molar-refractivity contribution is 6.18. The fraction of sp³-hybridized carbons (Fsp3) is 0.312. The van der Waals surface area contributed by atoms with Crippen molar-refractivity contribution in [1.82, 2.24) is 4.57 Å². The highest BCUT2D eigenvalue weighted by Gasteiger charge is 1.79. The first kappa shape index (κ1) is 19.8. The van der Waals surface area contributed by atoms with Gasteiger partial charge in [0, 0.05) is 25.2 Å². The Bertz CT molecular complexity index is 444. The number of allylic oxidation sites excluding steroid dienone is 5. The highest BCUT2D eigenvalue weighted by atomic mass is 35.5. The standard InChI is InChI=1S/C8H11Cl.C6H7NO.C2H6/c1-3-8(2)6-4-5-7-9;1-7-5-3-2-4-6(7)8;1-2/h3-6H,1,7H2,2H3;2-5H,1H3;1-2H3/b5-4-,8-6-;;. The molecule has 1 heterocycles. The number of nitrogens with zero attached hydrogens (tertiary/aromatic N) is 1. The van der Waals surface area contributed by atoms with Gasteiger partial charge in [-0.2, -0.15) is 0 Å². The molecule has 0 bridgehead atoms. The van der Waals surface area contributed by atoms with Gasteiger partial charge in [-0.15, -0.1) is 11.6 Å². The molecule has 3 heteroatoms. The molecule has 1 aromatic rings. The monoisotopic (exact) mass is 281 g/mol. The van der Waals surface area contributed by atoms with E-state index in [1.807, 2.05) is 45.1 Å². The van der Waals surface area contributed by atoms with Gasteiger partial charge in [-0.05, 0) is 13.0 Å². The second-order valence-corrected chi connectivity index (χ2v) is 3.66. The molecule has 0 amide bonds. The lowest BCUT2D eigenvalue weighted by Gasteiger charge is -1.89. The molecule has 19 heavy (non-hydrogen) atoms. The van der Waals surface area contributed by atoms with E-state index in [-0.39, 0.29) is 5.56 Å². The van der Waals surface area contributed by atoms with Gasteiger partial charge in [0.15, 0.2) is 0 Å². The van der Waals surface area contributed by atoms with Gasteiger partial charge in [0.25, 0.3) is 0 Å². The molecule has 2 nitrogen and oxygen atoms in total. The van der Waals surface area contributed by atoms with Gasteiger partial charge >= 0.3 is 0 Å². The molecule has 0 saturated heterocycles. The zero-order valence-corrected chi connectivity index (χ0v) is 13.0. The van der Waals surface area contributed by atoms with Crippen molar-refractivity contribution >= 4 is 11.6 Å². The van der Waals surface area contributed by atoms with Crippen LogP contribution in [-0.4, -0.2) is 10.4 Å². The maximum Gasteiger partial charge on any atom is 0.250 e. The largest absolute Gasteiger partial charge is 0.319 e. The van der Waals surface area contributed by atoms with E-state index in [9.17, 15) is 4.79 Å². The third kappa shape index (κ3) is 12.7. The maximum atomic E-state index is 10.6. The molecule has 0 fully saturated rings. The van der Waals surface area contributed by atoms with Gasteiger partial charge in [0.1, 0.15) is 0 Å².